The van der Waals surface area contributed by atoms with Gasteiger partial charge in [-0.25, -0.2) is 0 Å². The first kappa shape index (κ1) is 12.4. The van der Waals surface area contributed by atoms with Crippen LogP contribution < -0.4 is 11.5 Å². The lowest BCUT2D eigenvalue weighted by Crippen LogP contribution is -2.44. The molecule has 0 aliphatic rings. The first-order valence-electron chi connectivity index (χ1n) is 4.70. The zero-order valence-corrected chi connectivity index (χ0v) is 8.42. The minimum Gasteiger partial charge on any atom is -0.380 e. The average molecular weight is 188 g/mol. The largest absolute Gasteiger partial charge is 0.380 e. The third-order valence-corrected chi connectivity index (χ3v) is 2.14. The van der Waals surface area contributed by atoms with Crippen LogP contribution in [0, 0.1) is 0 Å². The Morgan fingerprint density at radius 3 is 2.38 bits per heavy atom. The Balaban J connectivity index is 4.16. The summed E-state index contributed by atoms with van der Waals surface area (Å²) < 4.78 is 0. The molecule has 0 saturated heterocycles. The van der Waals surface area contributed by atoms with Crippen LogP contribution in [0.2, 0.25) is 0 Å². The number of carbonyl (C=O) groups excluding carboxylic acids is 1. The van der Waals surface area contributed by atoms with Gasteiger partial charge in [-0.1, -0.05) is 13.3 Å². The molecule has 0 radical (unpaired) electrons. The molecule has 4 nitrogen and oxygen atoms in total. The first-order chi connectivity index (χ1) is 5.92. The fourth-order valence-corrected chi connectivity index (χ4v) is 1.25. The van der Waals surface area contributed by atoms with Crippen LogP contribution in [0.25, 0.3) is 0 Å². The number of carbonyl (C=O) groups is 1. The van der Waals surface area contributed by atoms with Crippen molar-refractivity contribution in [1.29, 1.82) is 0 Å². The highest BCUT2D eigenvalue weighted by Gasteiger charge is 2.32. The molecule has 78 valence electrons. The van der Waals surface area contributed by atoms with Crippen LogP contribution in [0.1, 0.15) is 39.5 Å². The smallest absolute Gasteiger partial charge is 0.249 e. The molecule has 0 unspecified atom stereocenters. The van der Waals surface area contributed by atoms with Gasteiger partial charge in [-0.3, -0.25) is 4.79 Å². The zero-order valence-electron chi connectivity index (χ0n) is 8.42. The van der Waals surface area contributed by atoms with Crippen molar-refractivity contribution < 1.29 is 9.90 Å². The molecule has 0 bridgehead atoms. The van der Waals surface area contributed by atoms with E-state index in [2.05, 4.69) is 0 Å². The predicted octanol–water partition coefficient (Wildman–Crippen LogP) is 0.130. The van der Waals surface area contributed by atoms with Crippen molar-refractivity contribution in [3.05, 3.63) is 0 Å². The Bertz CT molecular complexity index is 171. The molecular formula is C9H20N2O2. The number of amides is 1. The third kappa shape index (κ3) is 4.24. The molecule has 0 aromatic carbocycles. The molecule has 0 aromatic rings. The molecule has 0 heterocycles. The minimum atomic E-state index is -1.36. The lowest BCUT2D eigenvalue weighted by Gasteiger charge is -2.24. The highest BCUT2D eigenvalue weighted by molar-refractivity contribution is 5.83. The van der Waals surface area contributed by atoms with Crippen LogP contribution in [-0.4, -0.2) is 22.7 Å². The van der Waals surface area contributed by atoms with Gasteiger partial charge in [-0.05, 0) is 26.2 Å². The topological polar surface area (TPSA) is 89.3 Å². The number of rotatable bonds is 6. The van der Waals surface area contributed by atoms with Gasteiger partial charge in [-0.15, -0.1) is 0 Å². The molecule has 0 aromatic heterocycles. The fourth-order valence-electron chi connectivity index (χ4n) is 1.25. The number of aliphatic hydroxyl groups is 1. The van der Waals surface area contributed by atoms with Gasteiger partial charge in [0.05, 0.1) is 0 Å². The number of primary amides is 1. The van der Waals surface area contributed by atoms with Crippen LogP contribution in [-0.2, 0) is 4.79 Å². The average Bonchev–Trinajstić information content (AvgIpc) is 2.01. The minimum absolute atomic E-state index is 0.0114. The number of hydrogen-bond acceptors (Lipinski definition) is 3. The standard InChI is InChI=1S/C9H20N2O2/c1-3-5-9(13,8(11)12)6-4-7(2)10/h7,13H,3-6,10H2,1-2H3,(H2,11,12)/t7-,9-/m0/s1. The maximum atomic E-state index is 11.0. The summed E-state index contributed by atoms with van der Waals surface area (Å²) in [5.41, 5.74) is 9.29. The lowest BCUT2D eigenvalue weighted by molar-refractivity contribution is -0.137. The van der Waals surface area contributed by atoms with Gasteiger partial charge in [0, 0.05) is 6.04 Å². The van der Waals surface area contributed by atoms with Crippen molar-refractivity contribution in [2.75, 3.05) is 0 Å². The normalized spacial score (nSPS) is 17.8. The summed E-state index contributed by atoms with van der Waals surface area (Å²) in [6.45, 7) is 3.74. The van der Waals surface area contributed by atoms with Crippen LogP contribution in [0.4, 0.5) is 0 Å². The van der Waals surface area contributed by atoms with E-state index in [0.717, 1.165) is 6.42 Å². The molecule has 0 saturated carbocycles. The van der Waals surface area contributed by atoms with E-state index >= 15 is 0 Å². The Morgan fingerprint density at radius 2 is 2.08 bits per heavy atom. The maximum Gasteiger partial charge on any atom is 0.249 e. The predicted molar refractivity (Wildman–Crippen MR) is 51.9 cm³/mol. The maximum absolute atomic E-state index is 11.0. The molecule has 5 N–H and O–H groups in total. The van der Waals surface area contributed by atoms with E-state index in [-0.39, 0.29) is 6.04 Å². The van der Waals surface area contributed by atoms with Crippen LogP contribution in [0.15, 0.2) is 0 Å². The van der Waals surface area contributed by atoms with Crippen molar-refractivity contribution in [2.45, 2.75) is 51.2 Å². The van der Waals surface area contributed by atoms with E-state index in [1.165, 1.54) is 0 Å². The number of hydrogen-bond donors (Lipinski definition) is 3. The van der Waals surface area contributed by atoms with Gasteiger partial charge in [0.25, 0.3) is 0 Å². The van der Waals surface area contributed by atoms with Crippen LogP contribution in [0.5, 0.6) is 0 Å². The Kier molecular flexibility index (Phi) is 4.95. The van der Waals surface area contributed by atoms with Crippen LogP contribution >= 0.6 is 0 Å². The van der Waals surface area contributed by atoms with Gasteiger partial charge >= 0.3 is 0 Å². The van der Waals surface area contributed by atoms with Gasteiger partial charge in [0.15, 0.2) is 0 Å². The van der Waals surface area contributed by atoms with Crippen molar-refractivity contribution in [3.8, 4) is 0 Å². The molecule has 13 heavy (non-hydrogen) atoms. The quantitative estimate of drug-likeness (QED) is 0.553. The SMILES string of the molecule is CCC[C@](O)(CC[C@H](C)N)C(N)=O. The summed E-state index contributed by atoms with van der Waals surface area (Å²) in [4.78, 5) is 11.0. The summed E-state index contributed by atoms with van der Waals surface area (Å²) in [5, 5.41) is 9.81. The number of nitrogens with two attached hydrogens (primary N) is 2. The molecule has 1 amide bonds. The van der Waals surface area contributed by atoms with Crippen molar-refractivity contribution in [3.63, 3.8) is 0 Å². The molecule has 0 rings (SSSR count). The summed E-state index contributed by atoms with van der Waals surface area (Å²) in [7, 11) is 0. The van der Waals surface area contributed by atoms with Gasteiger partial charge in [0.2, 0.25) is 5.91 Å². The summed E-state index contributed by atoms with van der Waals surface area (Å²) in [5.74, 6) is -0.644. The molecule has 4 heteroatoms. The van der Waals surface area contributed by atoms with Gasteiger partial charge < -0.3 is 16.6 Å². The second kappa shape index (κ2) is 5.19. The molecule has 2 atom stereocenters. The molecule has 0 aliphatic carbocycles. The van der Waals surface area contributed by atoms with Gasteiger partial charge in [0.1, 0.15) is 5.60 Å². The highest BCUT2D eigenvalue weighted by atomic mass is 16.3. The van der Waals surface area contributed by atoms with Gasteiger partial charge in [-0.2, -0.15) is 0 Å². The molecule has 0 aliphatic heterocycles. The Hall–Kier alpha value is -0.610. The van der Waals surface area contributed by atoms with Crippen molar-refractivity contribution in [2.24, 2.45) is 11.5 Å². The monoisotopic (exact) mass is 188 g/mol. The summed E-state index contributed by atoms with van der Waals surface area (Å²) in [6, 6.07) is -0.0114. The summed E-state index contributed by atoms with van der Waals surface area (Å²) in [6.07, 6.45) is 2.11. The van der Waals surface area contributed by atoms with Crippen molar-refractivity contribution >= 4 is 5.91 Å². The molecule has 0 spiro atoms. The van der Waals surface area contributed by atoms with E-state index in [1.54, 1.807) is 0 Å². The van der Waals surface area contributed by atoms with E-state index < -0.39 is 11.5 Å². The molecule has 0 fully saturated rings. The van der Waals surface area contributed by atoms with E-state index in [0.29, 0.717) is 19.3 Å². The fraction of sp³-hybridized carbons (Fsp3) is 0.889. The lowest BCUT2D eigenvalue weighted by atomic mass is 9.90. The second-order valence-electron chi connectivity index (χ2n) is 3.66. The van der Waals surface area contributed by atoms with Crippen LogP contribution in [0.3, 0.4) is 0 Å². The second-order valence-corrected chi connectivity index (χ2v) is 3.66. The Labute approximate surface area is 79.3 Å². The Morgan fingerprint density at radius 1 is 1.54 bits per heavy atom. The summed E-state index contributed by atoms with van der Waals surface area (Å²) >= 11 is 0. The van der Waals surface area contributed by atoms with E-state index in [1.807, 2.05) is 13.8 Å². The third-order valence-electron chi connectivity index (χ3n) is 2.14. The van der Waals surface area contributed by atoms with E-state index in [9.17, 15) is 9.90 Å². The van der Waals surface area contributed by atoms with Crippen molar-refractivity contribution in [1.82, 2.24) is 0 Å². The zero-order chi connectivity index (χ0) is 10.5. The highest BCUT2D eigenvalue weighted by Crippen LogP contribution is 2.19. The first-order valence-corrected chi connectivity index (χ1v) is 4.70. The van der Waals surface area contributed by atoms with E-state index in [4.69, 9.17) is 11.5 Å². The molecular weight excluding hydrogens is 168 g/mol.